The minimum Gasteiger partial charge on any atom is -0.506 e. The minimum absolute atomic E-state index is 0.130. The quantitative estimate of drug-likeness (QED) is 0.635. The standard InChI is InChI=1S/C15H15N3O5/c1-3-23-15(21)10-7-16-8-17-13(10)18-11-5-4-9(6-12(11)19)14(20)22-2/h4-8,19H,3H2,1-2H3,(H,16,17,18). The lowest BCUT2D eigenvalue weighted by Gasteiger charge is -2.11. The van der Waals surface area contributed by atoms with Gasteiger partial charge in [0.05, 0.1) is 25.0 Å². The molecule has 0 aliphatic heterocycles. The van der Waals surface area contributed by atoms with Gasteiger partial charge < -0.3 is 19.9 Å². The first-order valence-electron chi connectivity index (χ1n) is 6.72. The maximum absolute atomic E-state index is 11.9. The van der Waals surface area contributed by atoms with E-state index >= 15 is 0 Å². The van der Waals surface area contributed by atoms with Crippen LogP contribution in [0.25, 0.3) is 0 Å². The van der Waals surface area contributed by atoms with Crippen molar-refractivity contribution in [2.24, 2.45) is 0 Å². The fraction of sp³-hybridized carbons (Fsp3) is 0.200. The largest absolute Gasteiger partial charge is 0.506 e. The van der Waals surface area contributed by atoms with Gasteiger partial charge in [-0.1, -0.05) is 0 Å². The van der Waals surface area contributed by atoms with Crippen molar-refractivity contribution in [3.05, 3.63) is 41.9 Å². The van der Waals surface area contributed by atoms with Crippen LogP contribution in [-0.4, -0.2) is 40.7 Å². The average molecular weight is 317 g/mol. The third-order valence-corrected chi connectivity index (χ3v) is 2.88. The van der Waals surface area contributed by atoms with Crippen molar-refractivity contribution >= 4 is 23.4 Å². The van der Waals surface area contributed by atoms with Crippen molar-refractivity contribution in [1.82, 2.24) is 9.97 Å². The van der Waals surface area contributed by atoms with E-state index in [1.165, 1.54) is 37.8 Å². The van der Waals surface area contributed by atoms with Crippen molar-refractivity contribution in [1.29, 1.82) is 0 Å². The number of esters is 2. The minimum atomic E-state index is -0.582. The summed E-state index contributed by atoms with van der Waals surface area (Å²) in [5.74, 6) is -1.16. The van der Waals surface area contributed by atoms with Crippen LogP contribution in [0.4, 0.5) is 11.5 Å². The van der Waals surface area contributed by atoms with E-state index < -0.39 is 11.9 Å². The molecule has 0 aliphatic carbocycles. The lowest BCUT2D eigenvalue weighted by Crippen LogP contribution is -2.10. The molecule has 8 heteroatoms. The molecule has 23 heavy (non-hydrogen) atoms. The summed E-state index contributed by atoms with van der Waals surface area (Å²) in [6, 6.07) is 4.19. The molecule has 0 atom stereocenters. The van der Waals surface area contributed by atoms with E-state index in [0.29, 0.717) is 0 Å². The molecular weight excluding hydrogens is 302 g/mol. The summed E-state index contributed by atoms with van der Waals surface area (Å²) in [6.07, 6.45) is 2.57. The predicted molar refractivity (Wildman–Crippen MR) is 80.7 cm³/mol. The summed E-state index contributed by atoms with van der Waals surface area (Å²) in [6.45, 7) is 1.90. The Morgan fingerprint density at radius 3 is 2.74 bits per heavy atom. The van der Waals surface area contributed by atoms with Gasteiger partial charge >= 0.3 is 11.9 Å². The van der Waals surface area contributed by atoms with E-state index in [0.717, 1.165) is 0 Å². The predicted octanol–water partition coefficient (Wildman–Crippen LogP) is 1.89. The number of phenols is 1. The Labute approximate surface area is 132 Å². The zero-order valence-electron chi connectivity index (χ0n) is 12.6. The van der Waals surface area contributed by atoms with Crippen molar-refractivity contribution in [2.45, 2.75) is 6.92 Å². The first-order valence-corrected chi connectivity index (χ1v) is 6.72. The monoisotopic (exact) mass is 317 g/mol. The molecule has 2 rings (SSSR count). The Balaban J connectivity index is 2.29. The highest BCUT2D eigenvalue weighted by Gasteiger charge is 2.16. The Kier molecular flexibility index (Phi) is 5.08. The van der Waals surface area contributed by atoms with Gasteiger partial charge in [-0.25, -0.2) is 19.6 Å². The topological polar surface area (TPSA) is 111 Å². The summed E-state index contributed by atoms with van der Waals surface area (Å²) in [4.78, 5) is 31.0. The zero-order chi connectivity index (χ0) is 16.8. The zero-order valence-corrected chi connectivity index (χ0v) is 12.6. The molecule has 1 heterocycles. The lowest BCUT2D eigenvalue weighted by molar-refractivity contribution is 0.0525. The van der Waals surface area contributed by atoms with Crippen LogP contribution in [-0.2, 0) is 9.47 Å². The second-order valence-electron chi connectivity index (χ2n) is 4.35. The smallest absolute Gasteiger partial charge is 0.343 e. The highest BCUT2D eigenvalue weighted by atomic mass is 16.5. The Morgan fingerprint density at radius 1 is 1.30 bits per heavy atom. The van der Waals surface area contributed by atoms with Gasteiger partial charge in [0.25, 0.3) is 0 Å². The van der Waals surface area contributed by atoms with E-state index in [2.05, 4.69) is 20.0 Å². The SMILES string of the molecule is CCOC(=O)c1cncnc1Nc1ccc(C(=O)OC)cc1O. The lowest BCUT2D eigenvalue weighted by atomic mass is 10.2. The van der Waals surface area contributed by atoms with Crippen LogP contribution in [0.5, 0.6) is 5.75 Å². The number of aromatic hydroxyl groups is 1. The number of hydrogen-bond donors (Lipinski definition) is 2. The number of carbonyl (C=O) groups is 2. The molecule has 120 valence electrons. The van der Waals surface area contributed by atoms with E-state index in [1.807, 2.05) is 0 Å². The van der Waals surface area contributed by atoms with Gasteiger partial charge in [-0.15, -0.1) is 0 Å². The summed E-state index contributed by atoms with van der Waals surface area (Å²) < 4.78 is 9.49. The van der Waals surface area contributed by atoms with Gasteiger partial charge in [0.2, 0.25) is 0 Å². The molecule has 0 unspecified atom stereocenters. The van der Waals surface area contributed by atoms with Crippen molar-refractivity contribution in [3.8, 4) is 5.75 Å². The summed E-state index contributed by atoms with van der Waals surface area (Å²) in [5, 5.41) is 12.8. The molecule has 0 saturated carbocycles. The number of carbonyl (C=O) groups excluding carboxylic acids is 2. The first-order chi connectivity index (χ1) is 11.1. The molecular formula is C15H15N3O5. The van der Waals surface area contributed by atoms with Crippen molar-refractivity contribution in [2.75, 3.05) is 19.0 Å². The molecule has 0 spiro atoms. The number of methoxy groups -OCH3 is 1. The molecule has 0 saturated heterocycles. The number of phenolic OH excluding ortho intramolecular Hbond substituents is 1. The number of aromatic nitrogens is 2. The van der Waals surface area contributed by atoms with E-state index in [-0.39, 0.29) is 35.0 Å². The Morgan fingerprint density at radius 2 is 2.09 bits per heavy atom. The number of ether oxygens (including phenoxy) is 2. The van der Waals surface area contributed by atoms with Crippen molar-refractivity contribution < 1.29 is 24.2 Å². The summed E-state index contributed by atoms with van der Waals surface area (Å²) in [7, 11) is 1.25. The third-order valence-electron chi connectivity index (χ3n) is 2.88. The number of benzene rings is 1. The fourth-order valence-corrected chi connectivity index (χ4v) is 1.80. The van der Waals surface area contributed by atoms with Crippen LogP contribution in [0, 0.1) is 0 Å². The van der Waals surface area contributed by atoms with Gasteiger partial charge in [-0.05, 0) is 25.1 Å². The molecule has 0 fully saturated rings. The van der Waals surface area contributed by atoms with Crippen LogP contribution in [0.1, 0.15) is 27.6 Å². The highest BCUT2D eigenvalue weighted by molar-refractivity contribution is 5.95. The van der Waals surface area contributed by atoms with Gasteiger partial charge in [0.1, 0.15) is 23.5 Å². The van der Waals surface area contributed by atoms with Gasteiger partial charge in [-0.3, -0.25) is 0 Å². The summed E-state index contributed by atoms with van der Waals surface area (Å²) in [5.41, 5.74) is 0.594. The van der Waals surface area contributed by atoms with Gasteiger partial charge in [-0.2, -0.15) is 0 Å². The number of nitrogens with one attached hydrogen (secondary N) is 1. The van der Waals surface area contributed by atoms with E-state index in [9.17, 15) is 14.7 Å². The fourth-order valence-electron chi connectivity index (χ4n) is 1.80. The van der Waals surface area contributed by atoms with Gasteiger partial charge in [0.15, 0.2) is 0 Å². The summed E-state index contributed by atoms with van der Waals surface area (Å²) >= 11 is 0. The van der Waals surface area contributed by atoms with E-state index in [1.54, 1.807) is 6.92 Å². The Bertz CT molecular complexity index is 733. The second kappa shape index (κ2) is 7.21. The number of anilines is 2. The van der Waals surface area contributed by atoms with Crippen molar-refractivity contribution in [3.63, 3.8) is 0 Å². The molecule has 1 aromatic carbocycles. The number of nitrogens with zero attached hydrogens (tertiary/aromatic N) is 2. The second-order valence-corrected chi connectivity index (χ2v) is 4.35. The molecule has 0 radical (unpaired) electrons. The molecule has 0 amide bonds. The number of rotatable bonds is 5. The molecule has 1 aromatic heterocycles. The van der Waals surface area contributed by atoms with Crippen LogP contribution in [0.3, 0.4) is 0 Å². The maximum atomic E-state index is 11.9. The molecule has 0 aliphatic rings. The number of hydrogen-bond acceptors (Lipinski definition) is 8. The highest BCUT2D eigenvalue weighted by Crippen LogP contribution is 2.28. The van der Waals surface area contributed by atoms with Crippen LogP contribution in [0.2, 0.25) is 0 Å². The molecule has 0 bridgehead atoms. The normalized spacial score (nSPS) is 10.0. The first kappa shape index (κ1) is 16.2. The van der Waals surface area contributed by atoms with Crippen LogP contribution in [0.15, 0.2) is 30.7 Å². The molecule has 8 nitrogen and oxygen atoms in total. The molecule has 2 aromatic rings. The maximum Gasteiger partial charge on any atom is 0.343 e. The molecule has 2 N–H and O–H groups in total. The van der Waals surface area contributed by atoms with Crippen LogP contribution >= 0.6 is 0 Å². The average Bonchev–Trinajstić information content (AvgIpc) is 2.56. The van der Waals surface area contributed by atoms with Gasteiger partial charge in [0, 0.05) is 6.20 Å². The Hall–Kier alpha value is -3.16. The van der Waals surface area contributed by atoms with Crippen LogP contribution < -0.4 is 5.32 Å². The van der Waals surface area contributed by atoms with E-state index in [4.69, 9.17) is 4.74 Å². The third kappa shape index (κ3) is 3.73.